The first-order valence-corrected chi connectivity index (χ1v) is 22.3. The number of rotatable bonds is 14. The summed E-state index contributed by atoms with van der Waals surface area (Å²) in [7, 11) is -11.1. The molecule has 2 aliphatic rings. The Morgan fingerprint density at radius 1 is 0.952 bits per heavy atom. The van der Waals surface area contributed by atoms with Gasteiger partial charge in [0, 0.05) is 13.0 Å². The fourth-order valence-electron chi connectivity index (χ4n) is 6.97. The van der Waals surface area contributed by atoms with Crippen molar-refractivity contribution >= 4 is 55.9 Å². The summed E-state index contributed by atoms with van der Waals surface area (Å²) in [4.78, 5) is 59.5. The van der Waals surface area contributed by atoms with Crippen molar-refractivity contribution in [3.8, 4) is 0 Å². The van der Waals surface area contributed by atoms with E-state index >= 15 is 0 Å². The van der Waals surface area contributed by atoms with Crippen molar-refractivity contribution in [3.63, 3.8) is 0 Å². The summed E-state index contributed by atoms with van der Waals surface area (Å²) in [5.41, 5.74) is 9.07. The monoisotopic (exact) mass is 925 g/mol. The second kappa shape index (κ2) is 20.0. The normalized spacial score (nSPS) is 25.8. The number of nitrogens with two attached hydrogens (primary N) is 1. The minimum Gasteiger partial charge on any atom is -0.388 e. The predicted molar refractivity (Wildman–Crippen MR) is 219 cm³/mol. The number of carbonyl (C=O) groups excluding carboxylic acids is 2. The standard InChI is InChI=1S/C36H49N9O16P2/c1-18-8-22-23(9-19(18)2)44(16-41-36(53)43-28(49)11-21(10-27(48)42-22)20-6-4-3-5-7-20)12-24(46)30(50)25(47)13-58-62(54,55)61-63(56,57)59-14-26-31(51)32(52)35(60-26)45-17-40-29-33(37)38-15-39-34(29)45/h3-9,15,17,21,24-27,30-32,35,42,46-48,50-52H,10-14,16H2,1-2H3,(H,54,55)(H,56,57)(H2,37,38,39)(H2,41,43,49,53)/t21-,24-,25+,26+,27+,30-,31+,32+,35+/m0/s1. The van der Waals surface area contributed by atoms with Crippen molar-refractivity contribution in [2.45, 2.75) is 81.7 Å². The van der Waals surface area contributed by atoms with Crippen LogP contribution in [0, 0.1) is 13.8 Å². The molecule has 4 heterocycles. The highest BCUT2D eigenvalue weighted by atomic mass is 31.3. The first-order valence-electron chi connectivity index (χ1n) is 19.3. The van der Waals surface area contributed by atoms with Gasteiger partial charge in [0.2, 0.25) is 5.91 Å². The molecule has 25 nitrogen and oxygen atoms in total. The third kappa shape index (κ3) is 11.9. The van der Waals surface area contributed by atoms with Crippen molar-refractivity contribution in [1.82, 2.24) is 30.2 Å². The minimum atomic E-state index is -5.58. The molecular weight excluding hydrogens is 876 g/mol. The van der Waals surface area contributed by atoms with Gasteiger partial charge in [0.15, 0.2) is 17.7 Å². The maximum absolute atomic E-state index is 12.9. The summed E-state index contributed by atoms with van der Waals surface area (Å²) in [5, 5.41) is 72.9. The number of nitrogens with one attached hydrogen (secondary N) is 3. The Balaban J connectivity index is 1.07. The molecule has 3 amide bonds. The van der Waals surface area contributed by atoms with Gasteiger partial charge in [-0.05, 0) is 55.0 Å². The molecule has 2 unspecified atom stereocenters. The smallest absolute Gasteiger partial charge is 0.388 e. The highest BCUT2D eigenvalue weighted by Crippen LogP contribution is 2.60. The number of urea groups is 1. The van der Waals surface area contributed by atoms with E-state index in [1.807, 2.05) is 6.92 Å². The number of amides is 3. The van der Waals surface area contributed by atoms with E-state index in [9.17, 15) is 59.1 Å². The Labute approximate surface area is 358 Å². The molecule has 0 aliphatic carbocycles. The van der Waals surface area contributed by atoms with Gasteiger partial charge in [-0.1, -0.05) is 30.3 Å². The van der Waals surface area contributed by atoms with E-state index < -0.39 is 102 Å². The number of nitrogens with zero attached hydrogens (tertiary/aromatic N) is 5. The van der Waals surface area contributed by atoms with Crippen molar-refractivity contribution < 1.29 is 77.2 Å². The molecule has 2 aliphatic heterocycles. The van der Waals surface area contributed by atoms with Crippen LogP contribution in [0.1, 0.15) is 41.7 Å². The molecule has 4 aromatic rings. The van der Waals surface area contributed by atoms with Gasteiger partial charge in [-0.2, -0.15) is 4.31 Å². The fourth-order valence-corrected chi connectivity index (χ4v) is 9.06. The van der Waals surface area contributed by atoms with Gasteiger partial charge in [-0.25, -0.2) is 28.9 Å². The van der Waals surface area contributed by atoms with Crippen LogP contribution < -0.4 is 26.6 Å². The Hall–Kier alpha value is -4.69. The minimum absolute atomic E-state index is 0.0255. The molecule has 0 spiro atoms. The number of aliphatic hydroxyl groups is 6. The number of nitrogen functional groups attached to an aromatic ring is 1. The molecule has 344 valence electrons. The summed E-state index contributed by atoms with van der Waals surface area (Å²) >= 11 is 0. The van der Waals surface area contributed by atoms with Crippen molar-refractivity contribution in [3.05, 3.63) is 71.8 Å². The maximum atomic E-state index is 12.9. The average Bonchev–Trinajstić information content (AvgIpc) is 3.78. The molecule has 0 bridgehead atoms. The van der Waals surface area contributed by atoms with Crippen molar-refractivity contribution in [1.29, 1.82) is 0 Å². The number of ether oxygens (including phenoxy) is 1. The zero-order valence-electron chi connectivity index (χ0n) is 33.7. The van der Waals surface area contributed by atoms with Crippen LogP contribution in [0.4, 0.5) is 22.0 Å². The molecule has 2 aromatic heterocycles. The van der Waals surface area contributed by atoms with Gasteiger partial charge >= 0.3 is 21.7 Å². The van der Waals surface area contributed by atoms with Crippen LogP contribution in [-0.2, 0) is 32.0 Å². The average molecular weight is 926 g/mol. The number of phosphoric acid groups is 2. The lowest BCUT2D eigenvalue weighted by Crippen LogP contribution is -2.50. The molecule has 0 radical (unpaired) electrons. The van der Waals surface area contributed by atoms with E-state index in [0.717, 1.165) is 23.0 Å². The number of imidazole rings is 1. The summed E-state index contributed by atoms with van der Waals surface area (Å²) in [5.74, 6) is -1.10. The van der Waals surface area contributed by atoms with Gasteiger partial charge in [0.05, 0.1) is 37.6 Å². The second-order valence-electron chi connectivity index (χ2n) is 15.0. The van der Waals surface area contributed by atoms with E-state index in [1.54, 1.807) is 49.4 Å². The van der Waals surface area contributed by atoms with Crippen LogP contribution in [0.5, 0.6) is 0 Å². The number of imide groups is 1. The van der Waals surface area contributed by atoms with E-state index in [2.05, 4.69) is 39.7 Å². The fraction of sp³-hybridized carbons (Fsp3) is 0.472. The largest absolute Gasteiger partial charge is 0.481 e. The number of aromatic nitrogens is 4. The van der Waals surface area contributed by atoms with Gasteiger partial charge < -0.3 is 66.4 Å². The molecule has 1 fully saturated rings. The van der Waals surface area contributed by atoms with Gasteiger partial charge in [-0.15, -0.1) is 0 Å². The lowest BCUT2D eigenvalue weighted by Gasteiger charge is -2.33. The Morgan fingerprint density at radius 3 is 2.38 bits per heavy atom. The number of β-amino-alcohol motifs (C(OH)–C–C–N with tert-alkyl or cyclic N) is 1. The number of aryl methyl sites for hydroxylation is 2. The van der Waals surface area contributed by atoms with Crippen LogP contribution in [0.25, 0.3) is 11.2 Å². The number of benzene rings is 2. The molecule has 63 heavy (non-hydrogen) atoms. The summed E-state index contributed by atoms with van der Waals surface area (Å²) in [6, 6.07) is 11.5. The van der Waals surface area contributed by atoms with Gasteiger partial charge in [0.1, 0.15) is 54.7 Å². The Bertz CT molecular complexity index is 2350. The molecule has 0 saturated carbocycles. The molecule has 27 heteroatoms. The number of hydrogen-bond acceptors (Lipinski definition) is 20. The third-order valence-corrected chi connectivity index (χ3v) is 13.0. The first-order chi connectivity index (χ1) is 29.7. The van der Waals surface area contributed by atoms with Crippen LogP contribution >= 0.6 is 15.6 Å². The summed E-state index contributed by atoms with van der Waals surface area (Å²) in [6.45, 7) is 0.475. The molecule has 2 aromatic carbocycles. The zero-order valence-corrected chi connectivity index (χ0v) is 35.5. The SMILES string of the molecule is Cc1cc2c(cc1C)N(C[C@H](O)[C@H](O)[C@H](O)COP(=O)(O)OP(=O)(O)OC[C@H]1O[C@@H](n3cnc4c(N)ncnc43)[C@H](O)[C@@H]1O)CNC(=O)NC(=O)C[C@@H](c1ccccc1)C[C@@H](O)N2. The van der Waals surface area contributed by atoms with E-state index in [1.165, 1.54) is 15.8 Å². The Kier molecular flexibility index (Phi) is 15.2. The third-order valence-electron chi connectivity index (χ3n) is 10.4. The molecular formula is C36H49N9O16P2. The quantitative estimate of drug-likeness (QED) is 0.0714. The second-order valence-corrected chi connectivity index (χ2v) is 18.0. The number of hydrogen-bond donors (Lipinski definition) is 12. The maximum Gasteiger partial charge on any atom is 0.481 e. The first kappa shape index (κ1) is 47.8. The number of anilines is 3. The van der Waals surface area contributed by atoms with Crippen molar-refractivity contribution in [2.75, 3.05) is 42.4 Å². The molecule has 1 saturated heterocycles. The lowest BCUT2D eigenvalue weighted by atomic mass is 9.91. The van der Waals surface area contributed by atoms with E-state index in [0.29, 0.717) is 11.4 Å². The van der Waals surface area contributed by atoms with Crippen molar-refractivity contribution in [2.24, 2.45) is 0 Å². The number of aliphatic hydroxyl groups excluding tert-OH is 6. The van der Waals surface area contributed by atoms with Gasteiger partial charge in [-0.3, -0.25) is 23.7 Å². The highest BCUT2D eigenvalue weighted by Gasteiger charge is 2.46. The molecule has 6 rings (SSSR count). The molecule has 13 N–H and O–H groups in total. The predicted octanol–water partition coefficient (Wildman–Crippen LogP) is -0.424. The summed E-state index contributed by atoms with van der Waals surface area (Å²) in [6.07, 6.45) is -11.3. The Morgan fingerprint density at radius 2 is 1.65 bits per heavy atom. The van der Waals surface area contributed by atoms with E-state index in [-0.39, 0.29) is 36.5 Å². The van der Waals surface area contributed by atoms with Crippen LogP contribution in [0.2, 0.25) is 0 Å². The highest BCUT2D eigenvalue weighted by molar-refractivity contribution is 7.61. The number of phosphoric ester groups is 2. The zero-order chi connectivity index (χ0) is 45.8. The lowest BCUT2D eigenvalue weighted by molar-refractivity contribution is -0.120. The number of fused-ring (bicyclic) bond motifs is 2. The summed E-state index contributed by atoms with van der Waals surface area (Å²) < 4.78 is 45.9. The van der Waals surface area contributed by atoms with Crippen LogP contribution in [0.3, 0.4) is 0 Å². The van der Waals surface area contributed by atoms with E-state index in [4.69, 9.17) is 15.0 Å². The topological polar surface area (TPSA) is 376 Å². The van der Waals surface area contributed by atoms with Crippen LogP contribution in [0.15, 0.2) is 55.1 Å². The van der Waals surface area contributed by atoms with Gasteiger partial charge in [0.25, 0.3) is 0 Å². The van der Waals surface area contributed by atoms with Crippen LogP contribution in [-0.4, -0.2) is 141 Å². The molecule has 11 atom stereocenters. The number of carbonyl (C=O) groups is 2.